The fourth-order valence-electron chi connectivity index (χ4n) is 1.16. The van der Waals surface area contributed by atoms with Gasteiger partial charge in [-0.2, -0.15) is 22.0 Å². The third-order valence-electron chi connectivity index (χ3n) is 1.75. The predicted octanol–water partition coefficient (Wildman–Crippen LogP) is 3.87. The molecule has 1 aromatic carbocycles. The molecule has 1 rings (SSSR count). The summed E-state index contributed by atoms with van der Waals surface area (Å²) in [7, 11) is 0. The summed E-state index contributed by atoms with van der Waals surface area (Å²) in [6.45, 7) is -3.34. The van der Waals surface area contributed by atoms with Crippen molar-refractivity contribution in [2.45, 2.75) is 12.8 Å². The maximum Gasteiger partial charge on any atom is 0.424 e. The molecule has 0 N–H and O–H groups in total. The Kier molecular flexibility index (Phi) is 3.95. The van der Waals surface area contributed by atoms with Gasteiger partial charge in [-0.15, -0.1) is 0 Å². The number of halogens is 6. The molecule has 0 radical (unpaired) electrons. The molecule has 1 aromatic rings. The van der Waals surface area contributed by atoms with Crippen LogP contribution in [0.15, 0.2) is 12.1 Å². The first-order chi connectivity index (χ1) is 8.12. The smallest absolute Gasteiger partial charge is 0.424 e. The quantitative estimate of drug-likeness (QED) is 0.482. The molecule has 0 bridgehead atoms. The number of nitro benzene ring substituents is 1. The van der Waals surface area contributed by atoms with Crippen LogP contribution in [0.25, 0.3) is 0 Å². The molecule has 0 heterocycles. The number of nitrogens with zero attached hydrogens (tertiary/aromatic N) is 1. The van der Waals surface area contributed by atoms with E-state index in [-0.39, 0.29) is 6.07 Å². The zero-order valence-corrected chi connectivity index (χ0v) is 8.93. The molecule has 0 saturated carbocycles. The van der Waals surface area contributed by atoms with Gasteiger partial charge in [-0.1, -0.05) is 11.6 Å². The molecule has 0 aliphatic rings. The molecule has 0 aliphatic heterocycles. The first-order valence-corrected chi connectivity index (χ1v) is 4.50. The Labute approximate surface area is 101 Å². The topological polar surface area (TPSA) is 52.4 Å². The van der Waals surface area contributed by atoms with Crippen molar-refractivity contribution in [3.05, 3.63) is 32.8 Å². The Balaban J connectivity index is 3.41. The van der Waals surface area contributed by atoms with Crippen molar-refractivity contribution in [3.8, 4) is 5.75 Å². The molecule has 0 spiro atoms. The summed E-state index contributed by atoms with van der Waals surface area (Å²) in [6, 6.07) is 0.671. The molecule has 0 aromatic heterocycles. The molecule has 0 aliphatic carbocycles. The number of hydrogen-bond donors (Lipinski definition) is 0. The van der Waals surface area contributed by atoms with Crippen LogP contribution in [0.2, 0.25) is 5.02 Å². The monoisotopic (exact) mass is 291 g/mol. The Bertz CT molecular complexity index is 477. The summed E-state index contributed by atoms with van der Waals surface area (Å²) >= 11 is 5.20. The van der Waals surface area contributed by atoms with E-state index in [1.807, 2.05) is 0 Å². The normalized spacial score (nSPS) is 11.7. The van der Waals surface area contributed by atoms with Gasteiger partial charge >= 0.3 is 12.8 Å². The number of benzene rings is 1. The summed E-state index contributed by atoms with van der Waals surface area (Å²) in [5, 5.41) is 9.37. The van der Waals surface area contributed by atoms with E-state index in [9.17, 15) is 32.1 Å². The van der Waals surface area contributed by atoms with Crippen molar-refractivity contribution in [1.29, 1.82) is 0 Å². The third kappa shape index (κ3) is 3.19. The lowest BCUT2D eigenvalue weighted by Crippen LogP contribution is -2.11. The van der Waals surface area contributed by atoms with Crippen molar-refractivity contribution < 1.29 is 31.6 Å². The lowest BCUT2D eigenvalue weighted by molar-refractivity contribution is -0.388. The van der Waals surface area contributed by atoms with Gasteiger partial charge in [0.2, 0.25) is 0 Å². The van der Waals surface area contributed by atoms with Crippen LogP contribution in [0.4, 0.5) is 27.6 Å². The van der Waals surface area contributed by atoms with Gasteiger partial charge in [-0.3, -0.25) is 10.1 Å². The highest BCUT2D eigenvalue weighted by Gasteiger charge is 2.41. The summed E-state index contributed by atoms with van der Waals surface area (Å²) in [6.07, 6.45) is -5.08. The molecule has 0 unspecified atom stereocenters. The Morgan fingerprint density at radius 2 is 1.89 bits per heavy atom. The number of ether oxygens (including phenoxy) is 1. The summed E-state index contributed by atoms with van der Waals surface area (Å²) < 4.78 is 64.9. The molecular formula is C8H3ClF5NO3. The van der Waals surface area contributed by atoms with Crippen LogP contribution in [0.5, 0.6) is 5.75 Å². The van der Waals surface area contributed by atoms with Crippen LogP contribution in [0.1, 0.15) is 5.56 Å². The standard InChI is InChI=1S/C8H3ClF5NO3/c9-4-1-3(18-7(10)11)2-5(15(16)17)6(4)8(12,13)14/h1-2,7H. The SMILES string of the molecule is O=[N+]([O-])c1cc(OC(F)F)cc(Cl)c1C(F)(F)F. The highest BCUT2D eigenvalue weighted by molar-refractivity contribution is 6.31. The van der Waals surface area contributed by atoms with Crippen LogP contribution in [0.3, 0.4) is 0 Å². The summed E-state index contributed by atoms with van der Waals surface area (Å²) in [4.78, 5) is 9.08. The average molecular weight is 292 g/mol. The number of hydrogen-bond acceptors (Lipinski definition) is 3. The first kappa shape index (κ1) is 14.4. The Morgan fingerprint density at radius 1 is 1.33 bits per heavy atom. The Morgan fingerprint density at radius 3 is 2.28 bits per heavy atom. The minimum atomic E-state index is -5.08. The van der Waals surface area contributed by atoms with Crippen LogP contribution < -0.4 is 4.74 Å². The van der Waals surface area contributed by atoms with Gasteiger partial charge in [0, 0.05) is 6.07 Å². The van der Waals surface area contributed by atoms with Gasteiger partial charge in [0.05, 0.1) is 16.0 Å². The fourth-order valence-corrected chi connectivity index (χ4v) is 1.48. The van der Waals surface area contributed by atoms with E-state index < -0.39 is 39.7 Å². The van der Waals surface area contributed by atoms with Crippen molar-refractivity contribution >= 4 is 17.3 Å². The van der Waals surface area contributed by atoms with Crippen molar-refractivity contribution in [2.75, 3.05) is 0 Å². The number of alkyl halides is 5. The minimum absolute atomic E-state index is 0.237. The largest absolute Gasteiger partial charge is 0.435 e. The molecule has 0 amide bonds. The molecule has 0 atom stereocenters. The van der Waals surface area contributed by atoms with Gasteiger partial charge in [-0.25, -0.2) is 0 Å². The van der Waals surface area contributed by atoms with E-state index in [0.717, 1.165) is 0 Å². The summed E-state index contributed by atoms with van der Waals surface area (Å²) in [5.74, 6) is -0.824. The van der Waals surface area contributed by atoms with E-state index >= 15 is 0 Å². The highest BCUT2D eigenvalue weighted by Crippen LogP contribution is 2.43. The van der Waals surface area contributed by atoms with Crippen molar-refractivity contribution in [1.82, 2.24) is 0 Å². The van der Waals surface area contributed by atoms with Gasteiger partial charge < -0.3 is 4.74 Å². The predicted molar refractivity (Wildman–Crippen MR) is 49.7 cm³/mol. The van der Waals surface area contributed by atoms with E-state index in [1.165, 1.54) is 0 Å². The van der Waals surface area contributed by atoms with E-state index in [0.29, 0.717) is 6.07 Å². The Hall–Kier alpha value is -1.64. The minimum Gasteiger partial charge on any atom is -0.435 e. The zero-order chi connectivity index (χ0) is 14.1. The summed E-state index contributed by atoms with van der Waals surface area (Å²) in [5.41, 5.74) is -3.17. The maximum absolute atomic E-state index is 12.5. The molecule has 0 fully saturated rings. The van der Waals surface area contributed by atoms with E-state index in [2.05, 4.69) is 4.74 Å². The lowest BCUT2D eigenvalue weighted by atomic mass is 10.1. The molecule has 0 saturated heterocycles. The maximum atomic E-state index is 12.5. The van der Waals surface area contributed by atoms with Gasteiger partial charge in [-0.05, 0) is 0 Å². The first-order valence-electron chi connectivity index (χ1n) is 4.13. The van der Waals surface area contributed by atoms with Gasteiger partial charge in [0.1, 0.15) is 5.75 Å². The average Bonchev–Trinajstić information content (AvgIpc) is 2.12. The second-order valence-corrected chi connectivity index (χ2v) is 3.34. The highest BCUT2D eigenvalue weighted by atomic mass is 35.5. The molecule has 4 nitrogen and oxygen atoms in total. The fraction of sp³-hybridized carbons (Fsp3) is 0.250. The number of rotatable bonds is 3. The van der Waals surface area contributed by atoms with Gasteiger partial charge in [0.25, 0.3) is 5.69 Å². The second kappa shape index (κ2) is 4.92. The van der Waals surface area contributed by atoms with E-state index in [1.54, 1.807) is 0 Å². The molecule has 18 heavy (non-hydrogen) atoms. The lowest BCUT2D eigenvalue weighted by Gasteiger charge is -2.11. The third-order valence-corrected chi connectivity index (χ3v) is 2.05. The van der Waals surface area contributed by atoms with Crippen molar-refractivity contribution in [3.63, 3.8) is 0 Å². The van der Waals surface area contributed by atoms with Crippen LogP contribution in [-0.2, 0) is 6.18 Å². The van der Waals surface area contributed by atoms with Gasteiger partial charge in [0.15, 0.2) is 5.56 Å². The number of nitro groups is 1. The zero-order valence-electron chi connectivity index (χ0n) is 8.17. The second-order valence-electron chi connectivity index (χ2n) is 2.93. The van der Waals surface area contributed by atoms with Crippen LogP contribution in [0, 0.1) is 10.1 Å². The van der Waals surface area contributed by atoms with Crippen LogP contribution >= 0.6 is 11.6 Å². The molecule has 100 valence electrons. The van der Waals surface area contributed by atoms with Crippen molar-refractivity contribution in [2.24, 2.45) is 0 Å². The molecule has 10 heteroatoms. The van der Waals surface area contributed by atoms with E-state index in [4.69, 9.17) is 11.6 Å². The molecular weight excluding hydrogens is 289 g/mol. The van der Waals surface area contributed by atoms with Crippen LogP contribution in [-0.4, -0.2) is 11.5 Å².